The first-order valence-electron chi connectivity index (χ1n) is 5.36. The van der Waals surface area contributed by atoms with Crippen molar-refractivity contribution >= 4 is 29.1 Å². The fourth-order valence-corrected chi connectivity index (χ4v) is 1.53. The molecule has 0 aliphatic rings. The third-order valence-electron chi connectivity index (χ3n) is 2.22. The Morgan fingerprint density at radius 2 is 1.89 bits per heavy atom. The van der Waals surface area contributed by atoms with E-state index in [2.05, 4.69) is 5.32 Å². The standard InChI is InChI=1S/C12H14N2O3S/c13-10(18)7-8-1-3-9(4-2-8)12(17)14-6-5-11(15)16/h1-4H,5-7H2,(H2,13,18)(H,14,17)(H,15,16). The van der Waals surface area contributed by atoms with E-state index >= 15 is 0 Å². The molecular formula is C12H14N2O3S. The molecule has 1 aromatic carbocycles. The number of hydrogen-bond donors (Lipinski definition) is 3. The molecule has 1 amide bonds. The minimum absolute atomic E-state index is 0.0920. The molecule has 0 heterocycles. The predicted octanol–water partition coefficient (Wildman–Crippen LogP) is 0.720. The average Bonchev–Trinajstić information content (AvgIpc) is 2.28. The van der Waals surface area contributed by atoms with Gasteiger partial charge in [-0.15, -0.1) is 0 Å². The van der Waals surface area contributed by atoms with Gasteiger partial charge >= 0.3 is 5.97 Å². The molecule has 0 aliphatic carbocycles. The number of nitrogens with two attached hydrogens (primary N) is 1. The van der Waals surface area contributed by atoms with Crippen LogP contribution in [0.3, 0.4) is 0 Å². The van der Waals surface area contributed by atoms with Crippen molar-refractivity contribution in [3.05, 3.63) is 35.4 Å². The highest BCUT2D eigenvalue weighted by Gasteiger charge is 2.06. The lowest BCUT2D eigenvalue weighted by molar-refractivity contribution is -0.136. The van der Waals surface area contributed by atoms with Crippen LogP contribution in [0.25, 0.3) is 0 Å². The first kappa shape index (κ1) is 14.1. The lowest BCUT2D eigenvalue weighted by Gasteiger charge is -2.04. The quantitative estimate of drug-likeness (QED) is 0.660. The van der Waals surface area contributed by atoms with Crippen LogP contribution in [0.1, 0.15) is 22.3 Å². The van der Waals surface area contributed by atoms with E-state index < -0.39 is 5.97 Å². The summed E-state index contributed by atoms with van der Waals surface area (Å²) in [5.41, 5.74) is 6.83. The number of rotatable bonds is 6. The number of nitrogens with one attached hydrogen (secondary N) is 1. The van der Waals surface area contributed by atoms with Crippen LogP contribution in [0.15, 0.2) is 24.3 Å². The molecule has 96 valence electrons. The molecule has 0 unspecified atom stereocenters. The van der Waals surface area contributed by atoms with Crippen molar-refractivity contribution in [2.75, 3.05) is 6.54 Å². The Kier molecular flexibility index (Phi) is 5.26. The van der Waals surface area contributed by atoms with Crippen LogP contribution >= 0.6 is 12.2 Å². The number of hydrogen-bond acceptors (Lipinski definition) is 3. The Balaban J connectivity index is 2.53. The van der Waals surface area contributed by atoms with Crippen molar-refractivity contribution in [1.29, 1.82) is 0 Å². The predicted molar refractivity (Wildman–Crippen MR) is 71.5 cm³/mol. The van der Waals surface area contributed by atoms with Gasteiger partial charge in [0.15, 0.2) is 0 Å². The summed E-state index contributed by atoms with van der Waals surface area (Å²) in [6.45, 7) is 0.114. The highest BCUT2D eigenvalue weighted by Crippen LogP contribution is 2.05. The molecule has 6 heteroatoms. The Labute approximate surface area is 110 Å². The second kappa shape index (κ2) is 6.70. The minimum atomic E-state index is -0.942. The molecular weight excluding hydrogens is 252 g/mol. The molecule has 0 spiro atoms. The summed E-state index contributed by atoms with van der Waals surface area (Å²) in [6, 6.07) is 6.85. The van der Waals surface area contributed by atoms with Gasteiger partial charge in [-0.1, -0.05) is 24.4 Å². The smallest absolute Gasteiger partial charge is 0.305 e. The van der Waals surface area contributed by atoms with Gasteiger partial charge in [-0.05, 0) is 17.7 Å². The first-order valence-corrected chi connectivity index (χ1v) is 5.77. The summed E-state index contributed by atoms with van der Waals surface area (Å²) in [5, 5.41) is 11.0. The van der Waals surface area contributed by atoms with Gasteiger partial charge in [0.05, 0.1) is 11.4 Å². The second-order valence-corrected chi connectivity index (χ2v) is 4.26. The van der Waals surface area contributed by atoms with Crippen LogP contribution in [0.4, 0.5) is 0 Å². The Morgan fingerprint density at radius 1 is 1.28 bits per heavy atom. The van der Waals surface area contributed by atoms with Crippen LogP contribution in [0, 0.1) is 0 Å². The highest BCUT2D eigenvalue weighted by molar-refractivity contribution is 7.80. The Hall–Kier alpha value is -1.95. The third-order valence-corrected chi connectivity index (χ3v) is 2.36. The molecule has 0 bridgehead atoms. The van der Waals surface area contributed by atoms with Crippen LogP contribution in [-0.2, 0) is 11.2 Å². The molecule has 0 aliphatic heterocycles. The average molecular weight is 266 g/mol. The van der Waals surface area contributed by atoms with E-state index in [4.69, 9.17) is 23.1 Å². The summed E-state index contributed by atoms with van der Waals surface area (Å²) in [6.07, 6.45) is 0.404. The molecule has 0 atom stereocenters. The molecule has 4 N–H and O–H groups in total. The van der Waals surface area contributed by atoms with Crippen molar-refractivity contribution in [3.63, 3.8) is 0 Å². The van der Waals surface area contributed by atoms with Crippen molar-refractivity contribution in [2.45, 2.75) is 12.8 Å². The zero-order chi connectivity index (χ0) is 13.5. The van der Waals surface area contributed by atoms with Crippen molar-refractivity contribution < 1.29 is 14.7 Å². The van der Waals surface area contributed by atoms with Gasteiger partial charge in [-0.25, -0.2) is 0 Å². The molecule has 0 fully saturated rings. The maximum absolute atomic E-state index is 11.6. The summed E-state index contributed by atoms with van der Waals surface area (Å²) in [5.74, 6) is -1.24. The number of carboxylic acid groups (broad SMARTS) is 1. The van der Waals surface area contributed by atoms with Gasteiger partial charge in [-0.3, -0.25) is 9.59 Å². The van der Waals surface area contributed by atoms with Gasteiger partial charge in [0.1, 0.15) is 0 Å². The molecule has 0 radical (unpaired) electrons. The van der Waals surface area contributed by atoms with Crippen LogP contribution < -0.4 is 11.1 Å². The fourth-order valence-electron chi connectivity index (χ4n) is 1.36. The SMILES string of the molecule is NC(=S)Cc1ccc(C(=O)NCCC(=O)O)cc1. The number of amides is 1. The number of aliphatic carboxylic acids is 1. The van der Waals surface area contributed by atoms with Gasteiger partial charge in [0.2, 0.25) is 0 Å². The van der Waals surface area contributed by atoms with Gasteiger partial charge < -0.3 is 16.2 Å². The topological polar surface area (TPSA) is 92.4 Å². The van der Waals surface area contributed by atoms with Crippen LogP contribution in [0.5, 0.6) is 0 Å². The zero-order valence-electron chi connectivity index (χ0n) is 9.68. The molecule has 0 saturated carbocycles. The maximum Gasteiger partial charge on any atom is 0.305 e. The summed E-state index contributed by atoms with van der Waals surface area (Å²) < 4.78 is 0. The van der Waals surface area contributed by atoms with Crippen molar-refractivity contribution in [2.24, 2.45) is 5.73 Å². The zero-order valence-corrected chi connectivity index (χ0v) is 10.5. The van der Waals surface area contributed by atoms with E-state index in [0.717, 1.165) is 5.56 Å². The molecule has 1 rings (SSSR count). The molecule has 18 heavy (non-hydrogen) atoms. The summed E-state index contributed by atoms with van der Waals surface area (Å²) in [7, 11) is 0. The van der Waals surface area contributed by atoms with Gasteiger partial charge in [0.25, 0.3) is 5.91 Å². The van der Waals surface area contributed by atoms with E-state index in [-0.39, 0.29) is 18.9 Å². The Morgan fingerprint density at radius 3 is 2.39 bits per heavy atom. The fraction of sp³-hybridized carbons (Fsp3) is 0.250. The van der Waals surface area contributed by atoms with E-state index in [1.165, 1.54) is 0 Å². The largest absolute Gasteiger partial charge is 0.481 e. The van der Waals surface area contributed by atoms with Crippen molar-refractivity contribution in [3.8, 4) is 0 Å². The minimum Gasteiger partial charge on any atom is -0.481 e. The van der Waals surface area contributed by atoms with Gasteiger partial charge in [-0.2, -0.15) is 0 Å². The summed E-state index contributed by atoms with van der Waals surface area (Å²) >= 11 is 4.79. The van der Waals surface area contributed by atoms with E-state index in [1.54, 1.807) is 24.3 Å². The van der Waals surface area contributed by atoms with E-state index in [0.29, 0.717) is 17.0 Å². The first-order chi connectivity index (χ1) is 8.49. The Bertz CT molecular complexity index is 457. The monoisotopic (exact) mass is 266 g/mol. The number of carboxylic acids is 1. The number of carbonyl (C=O) groups is 2. The number of benzene rings is 1. The van der Waals surface area contributed by atoms with E-state index in [1.807, 2.05) is 0 Å². The third kappa shape index (κ3) is 4.92. The van der Waals surface area contributed by atoms with Gasteiger partial charge in [0, 0.05) is 18.5 Å². The molecule has 0 saturated heterocycles. The van der Waals surface area contributed by atoms with Crippen LogP contribution in [0.2, 0.25) is 0 Å². The lowest BCUT2D eigenvalue weighted by Crippen LogP contribution is -2.25. The molecule has 5 nitrogen and oxygen atoms in total. The summed E-state index contributed by atoms with van der Waals surface area (Å²) in [4.78, 5) is 22.3. The second-order valence-electron chi connectivity index (χ2n) is 3.74. The maximum atomic E-state index is 11.6. The van der Waals surface area contributed by atoms with Crippen LogP contribution in [-0.4, -0.2) is 28.5 Å². The number of carbonyl (C=O) groups excluding carboxylic acids is 1. The highest BCUT2D eigenvalue weighted by atomic mass is 32.1. The number of thiocarbonyl (C=S) groups is 1. The van der Waals surface area contributed by atoms with E-state index in [9.17, 15) is 9.59 Å². The molecule has 0 aromatic heterocycles. The molecule has 1 aromatic rings. The normalized spacial score (nSPS) is 9.78. The lowest BCUT2D eigenvalue weighted by atomic mass is 10.1. The van der Waals surface area contributed by atoms with Crippen molar-refractivity contribution in [1.82, 2.24) is 5.32 Å².